The van der Waals surface area contributed by atoms with Crippen molar-refractivity contribution in [2.45, 2.75) is 39.8 Å². The van der Waals surface area contributed by atoms with Gasteiger partial charge in [-0.1, -0.05) is 27.7 Å². The Morgan fingerprint density at radius 3 is 2.05 bits per heavy atom. The molecule has 2 amide bonds. The highest BCUT2D eigenvalue weighted by molar-refractivity contribution is 5.89. The van der Waals surface area contributed by atoms with Crippen molar-refractivity contribution < 1.29 is 19.1 Å². The molecule has 0 aromatic carbocycles. The molecule has 7 heteroatoms. The summed E-state index contributed by atoms with van der Waals surface area (Å²) in [6.45, 7) is 6.98. The molecule has 20 heavy (non-hydrogen) atoms. The van der Waals surface area contributed by atoms with Crippen molar-refractivity contribution in [1.82, 2.24) is 10.6 Å². The van der Waals surface area contributed by atoms with Gasteiger partial charge in [0, 0.05) is 0 Å². The molecule has 0 aromatic rings. The van der Waals surface area contributed by atoms with Gasteiger partial charge in [0.05, 0.1) is 19.7 Å². The fraction of sp³-hybridized carbons (Fsp3) is 0.769. The summed E-state index contributed by atoms with van der Waals surface area (Å²) in [5.74, 6) is -1.50. The molecule has 0 fully saturated rings. The van der Waals surface area contributed by atoms with E-state index >= 15 is 0 Å². The zero-order valence-electron chi connectivity index (χ0n) is 12.7. The smallest absolute Gasteiger partial charge is 0.328 e. The van der Waals surface area contributed by atoms with Crippen molar-refractivity contribution in [3.63, 3.8) is 0 Å². The maximum Gasteiger partial charge on any atom is 0.328 e. The Labute approximate surface area is 119 Å². The molecule has 2 atom stereocenters. The normalized spacial score (nSPS) is 13.8. The first kappa shape index (κ1) is 18.4. The van der Waals surface area contributed by atoms with Gasteiger partial charge in [0.2, 0.25) is 11.8 Å². The summed E-state index contributed by atoms with van der Waals surface area (Å²) in [5, 5.41) is 4.96. The monoisotopic (exact) mass is 287 g/mol. The Balaban J connectivity index is 4.35. The summed E-state index contributed by atoms with van der Waals surface area (Å²) in [6, 6.07) is -1.40. The molecule has 0 rings (SSSR count). The lowest BCUT2D eigenvalue weighted by molar-refractivity contribution is -0.146. The first-order valence-corrected chi connectivity index (χ1v) is 6.61. The molecule has 0 aromatic heterocycles. The first-order valence-electron chi connectivity index (χ1n) is 6.61. The van der Waals surface area contributed by atoms with E-state index in [0.717, 1.165) is 0 Å². The highest BCUT2D eigenvalue weighted by Gasteiger charge is 2.25. The van der Waals surface area contributed by atoms with E-state index in [1.54, 1.807) is 13.8 Å². The third kappa shape index (κ3) is 6.01. The van der Waals surface area contributed by atoms with Crippen LogP contribution in [-0.2, 0) is 19.1 Å². The van der Waals surface area contributed by atoms with Gasteiger partial charge in [0.15, 0.2) is 0 Å². The molecule has 0 saturated heterocycles. The molecule has 0 aliphatic heterocycles. The molecule has 0 radical (unpaired) electrons. The van der Waals surface area contributed by atoms with Crippen LogP contribution < -0.4 is 16.4 Å². The predicted molar refractivity (Wildman–Crippen MR) is 74.6 cm³/mol. The second-order valence-electron chi connectivity index (χ2n) is 5.30. The molecule has 0 aliphatic carbocycles. The van der Waals surface area contributed by atoms with Crippen LogP contribution in [0.25, 0.3) is 0 Å². The fourth-order valence-electron chi connectivity index (χ4n) is 1.44. The minimum atomic E-state index is -0.733. The molecule has 116 valence electrons. The lowest BCUT2D eigenvalue weighted by Gasteiger charge is -2.20. The highest BCUT2D eigenvalue weighted by atomic mass is 16.5. The standard InChI is InChI=1S/C13H25N3O4/c1-7(2)10(14)12(18)15-6-9(17)16-11(8(3)4)13(19)20-5/h7-8,10-11H,6,14H2,1-5H3,(H,15,18)(H,16,17)/t10-,11?/m0/s1. The fourth-order valence-corrected chi connectivity index (χ4v) is 1.44. The Hall–Kier alpha value is -1.63. The van der Waals surface area contributed by atoms with E-state index in [1.807, 2.05) is 13.8 Å². The van der Waals surface area contributed by atoms with Gasteiger partial charge in [0.25, 0.3) is 0 Å². The minimum Gasteiger partial charge on any atom is -0.467 e. The van der Waals surface area contributed by atoms with Gasteiger partial charge in [-0.2, -0.15) is 0 Å². The molecular formula is C13H25N3O4. The van der Waals surface area contributed by atoms with Crippen LogP contribution in [-0.4, -0.2) is 43.5 Å². The van der Waals surface area contributed by atoms with Crippen molar-refractivity contribution in [2.24, 2.45) is 17.6 Å². The maximum atomic E-state index is 11.7. The molecule has 0 saturated carbocycles. The number of methoxy groups -OCH3 is 1. The van der Waals surface area contributed by atoms with Crippen LogP contribution in [0.4, 0.5) is 0 Å². The zero-order valence-corrected chi connectivity index (χ0v) is 12.7. The number of amides is 2. The van der Waals surface area contributed by atoms with Crippen LogP contribution in [0.5, 0.6) is 0 Å². The van der Waals surface area contributed by atoms with Gasteiger partial charge in [-0.05, 0) is 11.8 Å². The van der Waals surface area contributed by atoms with Crippen LogP contribution >= 0.6 is 0 Å². The molecule has 0 aliphatic rings. The Bertz CT molecular complexity index is 356. The van der Waals surface area contributed by atoms with Crippen molar-refractivity contribution in [2.75, 3.05) is 13.7 Å². The summed E-state index contributed by atoms with van der Waals surface area (Å²) >= 11 is 0. The van der Waals surface area contributed by atoms with Crippen molar-refractivity contribution in [1.29, 1.82) is 0 Å². The van der Waals surface area contributed by atoms with Crippen LogP contribution in [0.15, 0.2) is 0 Å². The molecule has 7 nitrogen and oxygen atoms in total. The van der Waals surface area contributed by atoms with E-state index < -0.39 is 29.9 Å². The second kappa shape index (κ2) is 8.52. The van der Waals surface area contributed by atoms with Crippen LogP contribution in [0.3, 0.4) is 0 Å². The van der Waals surface area contributed by atoms with Gasteiger partial charge in [-0.3, -0.25) is 9.59 Å². The van der Waals surface area contributed by atoms with Crippen molar-refractivity contribution in [3.05, 3.63) is 0 Å². The first-order chi connectivity index (χ1) is 9.20. The highest BCUT2D eigenvalue weighted by Crippen LogP contribution is 2.03. The topological polar surface area (TPSA) is 111 Å². The average molecular weight is 287 g/mol. The van der Waals surface area contributed by atoms with E-state index in [-0.39, 0.29) is 18.4 Å². The predicted octanol–water partition coefficient (Wildman–Crippen LogP) is -0.600. The number of hydrogen-bond acceptors (Lipinski definition) is 5. The van der Waals surface area contributed by atoms with E-state index in [0.29, 0.717) is 0 Å². The number of ether oxygens (including phenoxy) is 1. The number of nitrogens with one attached hydrogen (secondary N) is 2. The minimum absolute atomic E-state index is 0.0171. The molecule has 1 unspecified atom stereocenters. The molecule has 0 bridgehead atoms. The van der Waals surface area contributed by atoms with E-state index in [4.69, 9.17) is 5.73 Å². The Morgan fingerprint density at radius 2 is 1.65 bits per heavy atom. The quantitative estimate of drug-likeness (QED) is 0.542. The van der Waals surface area contributed by atoms with Crippen molar-refractivity contribution in [3.8, 4) is 0 Å². The van der Waals surface area contributed by atoms with Crippen LogP contribution in [0.2, 0.25) is 0 Å². The maximum absolute atomic E-state index is 11.7. The van der Waals surface area contributed by atoms with Crippen LogP contribution in [0, 0.1) is 11.8 Å². The number of carbonyl (C=O) groups excluding carboxylic acids is 3. The summed E-state index contributed by atoms with van der Waals surface area (Å²) in [7, 11) is 1.26. The van der Waals surface area contributed by atoms with Gasteiger partial charge in [-0.25, -0.2) is 4.79 Å². The number of carbonyl (C=O) groups is 3. The molecular weight excluding hydrogens is 262 g/mol. The largest absolute Gasteiger partial charge is 0.467 e. The summed E-state index contributed by atoms with van der Waals surface area (Å²) in [4.78, 5) is 34.8. The van der Waals surface area contributed by atoms with E-state index in [2.05, 4.69) is 15.4 Å². The lowest BCUT2D eigenvalue weighted by Crippen LogP contribution is -2.51. The third-order valence-corrected chi connectivity index (χ3v) is 2.88. The Morgan fingerprint density at radius 1 is 1.10 bits per heavy atom. The van der Waals surface area contributed by atoms with Gasteiger partial charge >= 0.3 is 5.97 Å². The third-order valence-electron chi connectivity index (χ3n) is 2.88. The summed E-state index contributed by atoms with van der Waals surface area (Å²) in [6.07, 6.45) is 0. The van der Waals surface area contributed by atoms with Crippen molar-refractivity contribution >= 4 is 17.8 Å². The van der Waals surface area contributed by atoms with E-state index in [9.17, 15) is 14.4 Å². The zero-order chi connectivity index (χ0) is 15.9. The van der Waals surface area contributed by atoms with Gasteiger partial charge < -0.3 is 21.1 Å². The number of nitrogens with two attached hydrogens (primary N) is 1. The van der Waals surface area contributed by atoms with Gasteiger partial charge in [-0.15, -0.1) is 0 Å². The number of hydrogen-bond donors (Lipinski definition) is 3. The summed E-state index contributed by atoms with van der Waals surface area (Å²) < 4.78 is 4.61. The molecule has 0 heterocycles. The summed E-state index contributed by atoms with van der Waals surface area (Å²) in [5.41, 5.74) is 5.65. The second-order valence-corrected chi connectivity index (χ2v) is 5.30. The average Bonchev–Trinajstić information content (AvgIpc) is 2.39. The van der Waals surface area contributed by atoms with Gasteiger partial charge in [0.1, 0.15) is 6.04 Å². The Kier molecular flexibility index (Phi) is 7.83. The van der Waals surface area contributed by atoms with Crippen LogP contribution in [0.1, 0.15) is 27.7 Å². The van der Waals surface area contributed by atoms with E-state index in [1.165, 1.54) is 7.11 Å². The molecule has 0 spiro atoms. The number of esters is 1. The number of rotatable bonds is 7. The molecule has 4 N–H and O–H groups in total. The SMILES string of the molecule is COC(=O)C(NC(=O)CNC(=O)[C@@H](N)C(C)C)C(C)C. The lowest BCUT2D eigenvalue weighted by atomic mass is 10.0.